The summed E-state index contributed by atoms with van der Waals surface area (Å²) < 4.78 is 11.2. The monoisotopic (exact) mass is 895 g/mol. The second-order valence-corrected chi connectivity index (χ2v) is 22.1. The summed E-state index contributed by atoms with van der Waals surface area (Å²) in [4.78, 5) is 16.7. The fourth-order valence-corrected chi connectivity index (χ4v) is 16.8. The van der Waals surface area contributed by atoms with Crippen LogP contribution in [0.5, 0.6) is 11.5 Å². The highest BCUT2D eigenvalue weighted by Crippen LogP contribution is 2.41. The molecule has 0 saturated carbocycles. The van der Waals surface area contributed by atoms with Gasteiger partial charge in [-0.2, -0.15) is 15.0 Å². The molecule has 0 spiro atoms. The Kier molecular flexibility index (Phi) is 8.09. The minimum atomic E-state index is -2.90. The van der Waals surface area contributed by atoms with Crippen molar-refractivity contribution in [2.45, 2.75) is 0 Å². The molecule has 10 aromatic carbocycles. The van der Waals surface area contributed by atoms with Crippen LogP contribution in [-0.4, -0.2) is 38.9 Å². The zero-order valence-corrected chi connectivity index (χ0v) is 38.2. The van der Waals surface area contributed by atoms with Crippen LogP contribution in [-0.2, 0) is 0 Å². The molecule has 0 N–H and O–H groups in total. The fraction of sp³-hybridized carbons (Fsp3) is 0. The standard InChI is InChI=1S/C61H38BN5OSi/c1-4-19-41(20-5-1)69(42-21-6-2-7-22-42,43-23-8-3-9-24-43)44-25-16-18-40(38-44)59-63-60(66-49-30-13-10-26-45(49)46-27-11-14-31-50(46)66)65-61(64-59)67-51-32-17-29-48-56(51)57-52(67)36-34-39-35-37-54-58(55(39)57)62(48)47-28-12-15-33-53(47)68-54/h1-38H. The number of fused-ring (bicyclic) bond motifs is 6. The molecule has 0 bridgehead atoms. The molecule has 0 fully saturated rings. The van der Waals surface area contributed by atoms with Crippen LogP contribution in [0.25, 0.3) is 77.7 Å². The van der Waals surface area contributed by atoms with Crippen molar-refractivity contribution in [3.63, 3.8) is 0 Å². The summed E-state index contributed by atoms with van der Waals surface area (Å²) >= 11 is 0. The molecule has 69 heavy (non-hydrogen) atoms. The van der Waals surface area contributed by atoms with Gasteiger partial charge in [0, 0.05) is 27.1 Å². The number of hydrogen-bond donors (Lipinski definition) is 0. The highest BCUT2D eigenvalue weighted by molar-refractivity contribution is 7.20. The smallest absolute Gasteiger partial charge is 0.252 e. The molecule has 0 atom stereocenters. The largest absolute Gasteiger partial charge is 0.458 e. The van der Waals surface area contributed by atoms with E-state index in [1.165, 1.54) is 58.7 Å². The Morgan fingerprint density at radius 2 is 0.899 bits per heavy atom. The molecule has 320 valence electrons. The van der Waals surface area contributed by atoms with E-state index in [0.717, 1.165) is 49.9 Å². The van der Waals surface area contributed by atoms with E-state index in [9.17, 15) is 0 Å². The Bertz CT molecular complexity index is 4100. The molecule has 13 aromatic rings. The van der Waals surface area contributed by atoms with E-state index in [1.807, 2.05) is 0 Å². The number of rotatable bonds is 7. The van der Waals surface area contributed by atoms with E-state index in [4.69, 9.17) is 19.7 Å². The third kappa shape index (κ3) is 5.34. The minimum absolute atomic E-state index is 0.0133. The van der Waals surface area contributed by atoms with E-state index >= 15 is 0 Å². The first-order chi connectivity index (χ1) is 34.2. The topological polar surface area (TPSA) is 57.8 Å². The van der Waals surface area contributed by atoms with Gasteiger partial charge in [0.25, 0.3) is 6.71 Å². The third-order valence-corrected chi connectivity index (χ3v) is 19.6. The van der Waals surface area contributed by atoms with E-state index in [2.05, 4.69) is 240 Å². The number of aromatic nitrogens is 5. The summed E-state index contributed by atoms with van der Waals surface area (Å²) in [7, 11) is -2.90. The van der Waals surface area contributed by atoms with Crippen LogP contribution in [0.1, 0.15) is 0 Å². The van der Waals surface area contributed by atoms with Gasteiger partial charge in [-0.05, 0) is 78.8 Å². The van der Waals surface area contributed by atoms with Crippen LogP contribution in [0.4, 0.5) is 0 Å². The Hall–Kier alpha value is -8.85. The molecule has 5 heterocycles. The number of benzene rings is 10. The van der Waals surface area contributed by atoms with E-state index in [1.54, 1.807) is 0 Å². The Morgan fingerprint density at radius 1 is 0.377 bits per heavy atom. The maximum absolute atomic E-state index is 6.69. The zero-order valence-electron chi connectivity index (χ0n) is 37.2. The molecule has 3 aromatic heterocycles. The first kappa shape index (κ1) is 38.3. The lowest BCUT2D eigenvalue weighted by Gasteiger charge is -2.34. The zero-order chi connectivity index (χ0) is 45.2. The molecule has 0 saturated heterocycles. The second-order valence-electron chi connectivity index (χ2n) is 18.2. The molecule has 6 nitrogen and oxygen atoms in total. The average molecular weight is 896 g/mol. The predicted octanol–water partition coefficient (Wildman–Crippen LogP) is 9.20. The first-order valence-electron chi connectivity index (χ1n) is 23.6. The molecule has 15 rings (SSSR count). The molecule has 8 heteroatoms. The van der Waals surface area contributed by atoms with Gasteiger partial charge in [0.15, 0.2) is 13.9 Å². The number of para-hydroxylation sites is 3. The number of ether oxygens (including phenoxy) is 1. The normalized spacial score (nSPS) is 12.7. The van der Waals surface area contributed by atoms with Gasteiger partial charge in [-0.1, -0.05) is 200 Å². The lowest BCUT2D eigenvalue weighted by Crippen LogP contribution is -2.74. The molecule has 0 unspecified atom stereocenters. The van der Waals surface area contributed by atoms with Crippen molar-refractivity contribution in [2.24, 2.45) is 0 Å². The Morgan fingerprint density at radius 3 is 1.58 bits per heavy atom. The number of hydrogen-bond acceptors (Lipinski definition) is 4. The van der Waals surface area contributed by atoms with Crippen LogP contribution < -0.4 is 41.9 Å². The highest BCUT2D eigenvalue weighted by atomic mass is 28.3. The lowest BCUT2D eigenvalue weighted by atomic mass is 9.33. The highest BCUT2D eigenvalue weighted by Gasteiger charge is 2.42. The second kappa shape index (κ2) is 14.6. The van der Waals surface area contributed by atoms with Gasteiger partial charge in [0.1, 0.15) is 11.5 Å². The first-order valence-corrected chi connectivity index (χ1v) is 25.6. The third-order valence-electron chi connectivity index (χ3n) is 14.8. The van der Waals surface area contributed by atoms with Crippen molar-refractivity contribution in [1.82, 2.24) is 24.1 Å². The maximum atomic E-state index is 6.69. The van der Waals surface area contributed by atoms with E-state index in [-0.39, 0.29) is 6.71 Å². The molecule has 0 aliphatic carbocycles. The predicted molar refractivity (Wildman–Crippen MR) is 286 cm³/mol. The van der Waals surface area contributed by atoms with Crippen molar-refractivity contribution in [3.05, 3.63) is 231 Å². The minimum Gasteiger partial charge on any atom is -0.458 e. The molecule has 0 amide bonds. The Labute approximate surface area is 398 Å². The summed E-state index contributed by atoms with van der Waals surface area (Å²) in [5.74, 6) is 3.52. The average Bonchev–Trinajstić information content (AvgIpc) is 3.95. The van der Waals surface area contributed by atoms with Crippen molar-refractivity contribution in [2.75, 3.05) is 0 Å². The molecule has 2 aliphatic heterocycles. The summed E-state index contributed by atoms with van der Waals surface area (Å²) in [6.45, 7) is 0.0133. The van der Waals surface area contributed by atoms with Crippen LogP contribution >= 0.6 is 0 Å². The van der Waals surface area contributed by atoms with Crippen molar-refractivity contribution >= 4 is 106 Å². The Balaban J connectivity index is 1.04. The van der Waals surface area contributed by atoms with E-state index in [0.29, 0.717) is 17.7 Å². The van der Waals surface area contributed by atoms with Crippen LogP contribution in [0.2, 0.25) is 0 Å². The van der Waals surface area contributed by atoms with Gasteiger partial charge in [-0.25, -0.2) is 0 Å². The summed E-state index contributed by atoms with van der Waals surface area (Å²) in [6.07, 6.45) is 0. The molecular weight excluding hydrogens is 858 g/mol. The SMILES string of the molecule is c1ccc([Si](c2ccccc2)(c2ccccc2)c2cccc(-c3nc(-n4c5ccccc5c5ccccc54)nc(-n4c5cccc6c5c5c7c8c(ccc7ccc54)Oc4ccccc4B86)n3)c2)cc1. The van der Waals surface area contributed by atoms with Gasteiger partial charge in [-0.15, -0.1) is 0 Å². The summed E-state index contributed by atoms with van der Waals surface area (Å²) in [5, 5.41) is 12.3. The van der Waals surface area contributed by atoms with Crippen molar-refractivity contribution < 1.29 is 4.74 Å². The van der Waals surface area contributed by atoms with E-state index < -0.39 is 8.07 Å². The quantitative estimate of drug-likeness (QED) is 0.118. The van der Waals surface area contributed by atoms with Crippen LogP contribution in [0.15, 0.2) is 231 Å². The molecule has 2 aliphatic rings. The summed E-state index contributed by atoms with van der Waals surface area (Å²) in [5.41, 5.74) is 8.73. The number of nitrogens with zero attached hydrogens (tertiary/aromatic N) is 5. The fourth-order valence-electron chi connectivity index (χ4n) is 12.0. The van der Waals surface area contributed by atoms with Crippen molar-refractivity contribution in [3.8, 4) is 34.8 Å². The van der Waals surface area contributed by atoms with Gasteiger partial charge in [0.05, 0.1) is 22.1 Å². The molecular formula is C61H38BN5OSi. The van der Waals surface area contributed by atoms with Gasteiger partial charge >= 0.3 is 0 Å². The van der Waals surface area contributed by atoms with Gasteiger partial charge in [0.2, 0.25) is 11.9 Å². The van der Waals surface area contributed by atoms with Gasteiger partial charge < -0.3 is 4.74 Å². The lowest BCUT2D eigenvalue weighted by molar-refractivity contribution is 0.488. The summed E-state index contributed by atoms with van der Waals surface area (Å²) in [6, 6.07) is 83.3. The maximum Gasteiger partial charge on any atom is 0.252 e. The molecule has 0 radical (unpaired) electrons. The van der Waals surface area contributed by atoms with Crippen LogP contribution in [0.3, 0.4) is 0 Å². The van der Waals surface area contributed by atoms with Crippen molar-refractivity contribution in [1.29, 1.82) is 0 Å². The van der Waals surface area contributed by atoms with Gasteiger partial charge in [-0.3, -0.25) is 9.13 Å². The van der Waals surface area contributed by atoms with Crippen LogP contribution in [0, 0.1) is 0 Å².